The van der Waals surface area contributed by atoms with E-state index in [1.165, 1.54) is 23.2 Å². The van der Waals surface area contributed by atoms with Crippen molar-refractivity contribution in [3.8, 4) is 12.1 Å². The molecule has 0 atom stereocenters. The van der Waals surface area contributed by atoms with Gasteiger partial charge in [0, 0.05) is 17.3 Å². The van der Waals surface area contributed by atoms with Crippen LogP contribution >= 0.6 is 12.2 Å². The van der Waals surface area contributed by atoms with Gasteiger partial charge in [-0.3, -0.25) is 9.69 Å². The van der Waals surface area contributed by atoms with Gasteiger partial charge >= 0.3 is 18.3 Å². The molecule has 4 rings (SSSR count). The number of hydrogen-bond acceptors (Lipinski definition) is 9. The van der Waals surface area contributed by atoms with Gasteiger partial charge in [0.15, 0.2) is 5.11 Å². The Balaban J connectivity index is 1.54. The minimum absolute atomic E-state index is 0.0115. The molecule has 1 fully saturated rings. The molecule has 0 N–H and O–H groups in total. The highest BCUT2D eigenvalue weighted by Crippen LogP contribution is 2.40. The van der Waals surface area contributed by atoms with E-state index in [2.05, 4.69) is 9.97 Å². The molecule has 3 aromatic rings. The summed E-state index contributed by atoms with van der Waals surface area (Å²) >= 11 is 5.59. The lowest BCUT2D eigenvalue weighted by atomic mass is 10.0. The van der Waals surface area contributed by atoms with Crippen LogP contribution in [-0.4, -0.2) is 51.5 Å². The van der Waals surface area contributed by atoms with Crippen molar-refractivity contribution < 1.29 is 37.0 Å². The largest absolute Gasteiger partial charge is 0.508 e. The monoisotopic (exact) mass is 601 g/mol. The van der Waals surface area contributed by atoms with Gasteiger partial charge in [0.1, 0.15) is 24.4 Å². The fourth-order valence-corrected chi connectivity index (χ4v) is 4.73. The highest BCUT2D eigenvalue weighted by Gasteiger charge is 2.50. The average Bonchev–Trinajstić information content (AvgIpc) is 3.07. The summed E-state index contributed by atoms with van der Waals surface area (Å²) in [7, 11) is 0. The number of rotatable bonds is 6. The first kappa shape index (κ1) is 30.4. The van der Waals surface area contributed by atoms with E-state index in [9.17, 15) is 22.8 Å². The number of nitrogens with zero attached hydrogens (tertiary/aromatic N) is 5. The smallest absolute Gasteiger partial charge is 0.460 e. The molecule has 1 amide bonds. The summed E-state index contributed by atoms with van der Waals surface area (Å²) in [6.45, 7) is 8.27. The van der Waals surface area contributed by atoms with Crippen molar-refractivity contribution in [3.63, 3.8) is 0 Å². The number of hydrogen-bond donors (Lipinski definition) is 0. The number of thiocarbonyl (C=S) groups is 1. The first-order valence-corrected chi connectivity index (χ1v) is 13.0. The second kappa shape index (κ2) is 11.1. The average molecular weight is 602 g/mol. The SMILES string of the molecule is CC(C)(C)OC(=O)OCCOc1ncc2cc(N3C(=S)N(c4ccc(C#N)c(C(F)(F)F)c4)C(=O)C3(C)C)ccc2n1. The van der Waals surface area contributed by atoms with Crippen LogP contribution < -0.4 is 14.5 Å². The van der Waals surface area contributed by atoms with Crippen LogP contribution in [0.5, 0.6) is 6.01 Å². The van der Waals surface area contributed by atoms with E-state index in [0.717, 1.165) is 17.0 Å². The molecule has 220 valence electrons. The maximum Gasteiger partial charge on any atom is 0.508 e. The molecule has 1 aromatic heterocycles. The number of benzene rings is 2. The first-order valence-electron chi connectivity index (χ1n) is 12.6. The number of nitriles is 1. The van der Waals surface area contributed by atoms with E-state index in [1.807, 2.05) is 0 Å². The van der Waals surface area contributed by atoms with Crippen LogP contribution in [0, 0.1) is 11.3 Å². The third-order valence-corrected chi connectivity index (χ3v) is 6.44. The van der Waals surface area contributed by atoms with Gasteiger partial charge < -0.3 is 19.1 Å². The van der Waals surface area contributed by atoms with Crippen LogP contribution in [0.25, 0.3) is 10.9 Å². The number of carbonyl (C=O) groups excluding carboxylic acids is 2. The predicted octanol–water partition coefficient (Wildman–Crippen LogP) is 5.77. The van der Waals surface area contributed by atoms with Crippen molar-refractivity contribution >= 4 is 51.7 Å². The molecule has 0 unspecified atom stereocenters. The zero-order valence-electron chi connectivity index (χ0n) is 23.3. The molecular formula is C28H26F3N5O5S. The fourth-order valence-electron chi connectivity index (χ4n) is 4.21. The number of fused-ring (bicyclic) bond motifs is 1. The zero-order chi connectivity index (χ0) is 31.0. The van der Waals surface area contributed by atoms with Crippen molar-refractivity contribution in [2.45, 2.75) is 51.9 Å². The van der Waals surface area contributed by atoms with E-state index >= 15 is 0 Å². The minimum Gasteiger partial charge on any atom is -0.460 e. The summed E-state index contributed by atoms with van der Waals surface area (Å²) in [5.41, 5.74) is -2.77. The number of ether oxygens (including phenoxy) is 3. The van der Waals surface area contributed by atoms with Gasteiger partial charge in [-0.05, 0) is 83.2 Å². The van der Waals surface area contributed by atoms with Gasteiger partial charge in [0.05, 0.1) is 28.4 Å². The van der Waals surface area contributed by atoms with Crippen molar-refractivity contribution in [2.75, 3.05) is 23.0 Å². The Morgan fingerprint density at radius 3 is 2.43 bits per heavy atom. The molecule has 42 heavy (non-hydrogen) atoms. The van der Waals surface area contributed by atoms with E-state index in [1.54, 1.807) is 52.8 Å². The lowest BCUT2D eigenvalue weighted by molar-refractivity contribution is -0.137. The maximum atomic E-state index is 13.6. The summed E-state index contributed by atoms with van der Waals surface area (Å²) in [6, 6.07) is 9.60. The minimum atomic E-state index is -4.80. The number of carbonyl (C=O) groups is 2. The molecule has 1 aliphatic heterocycles. The van der Waals surface area contributed by atoms with Crippen molar-refractivity contribution in [2.24, 2.45) is 0 Å². The number of alkyl halides is 3. The third kappa shape index (κ3) is 6.20. The topological polar surface area (TPSA) is 118 Å². The normalized spacial score (nSPS) is 15.1. The molecule has 14 heteroatoms. The summed E-state index contributed by atoms with van der Waals surface area (Å²) < 4.78 is 56.3. The molecule has 0 radical (unpaired) electrons. The molecule has 2 heterocycles. The summed E-state index contributed by atoms with van der Waals surface area (Å²) in [6.07, 6.45) is -4.12. The maximum absolute atomic E-state index is 13.6. The van der Waals surface area contributed by atoms with Gasteiger partial charge in [0.2, 0.25) is 0 Å². The number of amides is 1. The van der Waals surface area contributed by atoms with Crippen LogP contribution in [0.4, 0.5) is 29.3 Å². The van der Waals surface area contributed by atoms with E-state index < -0.39 is 40.5 Å². The van der Waals surface area contributed by atoms with Crippen LogP contribution in [0.15, 0.2) is 42.6 Å². The van der Waals surface area contributed by atoms with Gasteiger partial charge in [-0.1, -0.05) is 0 Å². The number of anilines is 2. The lowest BCUT2D eigenvalue weighted by Crippen LogP contribution is -2.44. The van der Waals surface area contributed by atoms with Crippen molar-refractivity contribution in [1.82, 2.24) is 9.97 Å². The lowest BCUT2D eigenvalue weighted by Gasteiger charge is -2.29. The second-order valence-corrected chi connectivity index (χ2v) is 11.1. The van der Waals surface area contributed by atoms with E-state index in [4.69, 9.17) is 31.7 Å². The molecule has 0 aliphatic carbocycles. The molecular weight excluding hydrogens is 575 g/mol. The number of aromatic nitrogens is 2. The highest BCUT2D eigenvalue weighted by molar-refractivity contribution is 7.81. The zero-order valence-corrected chi connectivity index (χ0v) is 24.1. The molecule has 0 spiro atoms. The van der Waals surface area contributed by atoms with Gasteiger partial charge in [0.25, 0.3) is 5.91 Å². The first-order chi connectivity index (χ1) is 19.5. The molecule has 10 nitrogen and oxygen atoms in total. The van der Waals surface area contributed by atoms with Crippen LogP contribution in [0.3, 0.4) is 0 Å². The standard InChI is InChI=1S/C28H26F3N5O5S/c1-26(2,3)41-25(38)40-11-10-39-23-33-15-17-12-19(8-9-21(17)34-23)36-24(42)35(22(37)27(36,4)5)18-7-6-16(14-32)20(13-18)28(29,30)31/h6-9,12-13,15H,10-11H2,1-5H3. The summed E-state index contributed by atoms with van der Waals surface area (Å²) in [5, 5.41) is 9.66. The fraction of sp³-hybridized carbons (Fsp3) is 0.357. The quantitative estimate of drug-likeness (QED) is 0.196. The van der Waals surface area contributed by atoms with Crippen LogP contribution in [-0.2, 0) is 20.4 Å². The Morgan fingerprint density at radius 2 is 1.79 bits per heavy atom. The second-order valence-electron chi connectivity index (χ2n) is 10.7. The van der Waals surface area contributed by atoms with E-state index in [0.29, 0.717) is 16.6 Å². The Labute approximate surface area is 244 Å². The van der Waals surface area contributed by atoms with Gasteiger partial charge in [-0.2, -0.15) is 23.4 Å². The summed E-state index contributed by atoms with van der Waals surface area (Å²) in [5.74, 6) is -0.543. The Morgan fingerprint density at radius 1 is 1.10 bits per heavy atom. The van der Waals surface area contributed by atoms with Crippen molar-refractivity contribution in [1.29, 1.82) is 5.26 Å². The van der Waals surface area contributed by atoms with Crippen LogP contribution in [0.2, 0.25) is 0 Å². The number of halogens is 3. The summed E-state index contributed by atoms with van der Waals surface area (Å²) in [4.78, 5) is 36.1. The van der Waals surface area contributed by atoms with Crippen molar-refractivity contribution in [3.05, 3.63) is 53.7 Å². The van der Waals surface area contributed by atoms with Crippen LogP contribution in [0.1, 0.15) is 45.7 Å². The van der Waals surface area contributed by atoms with E-state index in [-0.39, 0.29) is 30.0 Å². The van der Waals surface area contributed by atoms with Gasteiger partial charge in [-0.25, -0.2) is 9.78 Å². The molecule has 0 bridgehead atoms. The molecule has 1 saturated heterocycles. The highest BCUT2D eigenvalue weighted by atomic mass is 32.1. The molecule has 2 aromatic carbocycles. The Bertz CT molecular complexity index is 1610. The predicted molar refractivity (Wildman–Crippen MR) is 150 cm³/mol. The van der Waals surface area contributed by atoms with Gasteiger partial charge in [-0.15, -0.1) is 0 Å². The molecule has 1 aliphatic rings. The molecule has 0 saturated carbocycles. The Hall–Kier alpha value is -4.51. The Kier molecular flexibility index (Phi) is 8.01. The third-order valence-electron chi connectivity index (χ3n) is 6.08.